The molecule has 0 unspecified atom stereocenters. The minimum absolute atomic E-state index is 0.0463. The van der Waals surface area contributed by atoms with Gasteiger partial charge in [-0.05, 0) is 6.08 Å². The number of hydrogen-bond acceptors (Lipinski definition) is 3. The van der Waals surface area contributed by atoms with Crippen molar-refractivity contribution in [3.63, 3.8) is 0 Å². The van der Waals surface area contributed by atoms with Gasteiger partial charge in [-0.1, -0.05) is 12.2 Å². The molecule has 0 atom stereocenters. The molecule has 0 aromatic heterocycles. The fourth-order valence-corrected chi connectivity index (χ4v) is 1.75. The average Bonchev–Trinajstić information content (AvgIpc) is 2.42. The highest BCUT2D eigenvalue weighted by atomic mass is 32.2. The average molecular weight is 171 g/mol. The quantitative estimate of drug-likeness (QED) is 0.545. The normalized spacial score (nSPS) is 24.6. The van der Waals surface area contributed by atoms with Crippen LogP contribution < -0.4 is 5.32 Å². The lowest BCUT2D eigenvalue weighted by atomic mass is 10.2. The van der Waals surface area contributed by atoms with Crippen molar-refractivity contribution in [2.75, 3.05) is 0 Å². The predicted octanol–water partition coefficient (Wildman–Crippen LogP) is -0.00492. The van der Waals surface area contributed by atoms with Crippen LogP contribution in [0.15, 0.2) is 23.1 Å². The summed E-state index contributed by atoms with van der Waals surface area (Å²) in [5.41, 5.74) is 0. The van der Waals surface area contributed by atoms with Gasteiger partial charge in [0.25, 0.3) is 10.1 Å². The van der Waals surface area contributed by atoms with E-state index in [1.165, 1.54) is 6.08 Å². The Balaban J connectivity index is 2.41. The van der Waals surface area contributed by atoms with Crippen LogP contribution in [0.2, 0.25) is 0 Å². The van der Waals surface area contributed by atoms with E-state index in [0.29, 0.717) is 12.1 Å². The van der Waals surface area contributed by atoms with Crippen molar-refractivity contribution in [3.05, 3.63) is 35.2 Å². The fraction of sp³-hybridized carbons (Fsp3) is 0. The van der Waals surface area contributed by atoms with Crippen molar-refractivity contribution in [3.8, 4) is 0 Å². The van der Waals surface area contributed by atoms with E-state index in [1.54, 1.807) is 12.2 Å². The van der Waals surface area contributed by atoms with Crippen molar-refractivity contribution >= 4 is 10.1 Å². The summed E-state index contributed by atoms with van der Waals surface area (Å²) in [7, 11) is -4.04. The minimum Gasteiger partial charge on any atom is -0.287 e. The van der Waals surface area contributed by atoms with Crippen molar-refractivity contribution in [2.24, 2.45) is 0 Å². The Bertz CT molecular complexity index is 341. The maximum Gasteiger partial charge on any atom is 0.292 e. The van der Waals surface area contributed by atoms with Gasteiger partial charge >= 0.3 is 0 Å². The summed E-state index contributed by atoms with van der Waals surface area (Å²) in [6, 6.07) is 1.15. The van der Waals surface area contributed by atoms with Crippen molar-refractivity contribution in [1.82, 2.24) is 5.32 Å². The molecule has 2 N–H and O–H groups in total. The monoisotopic (exact) mass is 171 g/mol. The van der Waals surface area contributed by atoms with E-state index in [2.05, 4.69) is 5.32 Å². The summed E-state index contributed by atoms with van der Waals surface area (Å²) in [6.45, 7) is 0. The topological polar surface area (TPSA) is 66.4 Å². The molecule has 2 aliphatic rings. The molecule has 0 saturated carbocycles. The Labute approximate surface area is 64.4 Å². The standard InChI is InChI=1S/C6H5NO3S/c8-11(9,10)6-3-4-1-2-5(6)7-4/h1-3,7H,(H,8,9,10). The minimum atomic E-state index is -4.04. The maximum atomic E-state index is 10.6. The molecule has 0 amide bonds. The summed E-state index contributed by atoms with van der Waals surface area (Å²) >= 11 is 0. The van der Waals surface area contributed by atoms with Crippen molar-refractivity contribution < 1.29 is 13.0 Å². The number of hydrogen-bond donors (Lipinski definition) is 2. The molecular weight excluding hydrogens is 166 g/mol. The van der Waals surface area contributed by atoms with Gasteiger partial charge in [0.05, 0.1) is 10.9 Å². The first-order chi connectivity index (χ1) is 5.07. The van der Waals surface area contributed by atoms with Gasteiger partial charge in [0.15, 0.2) is 0 Å². The van der Waals surface area contributed by atoms with Gasteiger partial charge < -0.3 is 0 Å². The third-order valence-electron chi connectivity index (χ3n) is 1.54. The zero-order valence-corrected chi connectivity index (χ0v) is 6.22. The van der Waals surface area contributed by atoms with Crippen molar-refractivity contribution in [1.29, 1.82) is 0 Å². The highest BCUT2D eigenvalue weighted by Gasteiger charge is 2.35. The van der Waals surface area contributed by atoms with Crippen LogP contribution in [0.25, 0.3) is 0 Å². The van der Waals surface area contributed by atoms with Crippen LogP contribution in [-0.4, -0.2) is 13.0 Å². The first-order valence-electron chi connectivity index (χ1n) is 2.96. The van der Waals surface area contributed by atoms with E-state index in [-0.39, 0.29) is 4.91 Å². The molecule has 2 rings (SSSR count). The molecule has 2 radical (unpaired) electrons. The van der Waals surface area contributed by atoms with Gasteiger partial charge in [-0.15, -0.1) is 0 Å². The van der Waals surface area contributed by atoms with Crippen LogP contribution in [0.5, 0.6) is 0 Å². The van der Waals surface area contributed by atoms with Crippen LogP contribution >= 0.6 is 0 Å². The van der Waals surface area contributed by atoms with E-state index in [1.807, 2.05) is 0 Å². The van der Waals surface area contributed by atoms with Crippen LogP contribution in [0.3, 0.4) is 0 Å². The van der Waals surface area contributed by atoms with Crippen LogP contribution in [0.1, 0.15) is 0 Å². The molecule has 2 aliphatic heterocycles. The second-order valence-electron chi connectivity index (χ2n) is 2.31. The molecule has 58 valence electrons. The summed E-state index contributed by atoms with van der Waals surface area (Å²) in [6.07, 6.45) is 4.74. The van der Waals surface area contributed by atoms with Gasteiger partial charge in [0, 0.05) is 0 Å². The molecular formula is C6H5NO3S. The molecule has 0 saturated heterocycles. The van der Waals surface area contributed by atoms with Crippen LogP contribution in [0, 0.1) is 12.1 Å². The zero-order chi connectivity index (χ0) is 8.06. The molecule has 0 aromatic carbocycles. The maximum absolute atomic E-state index is 10.6. The Morgan fingerprint density at radius 1 is 1.36 bits per heavy atom. The Hall–Kier alpha value is -0.650. The Kier molecular flexibility index (Phi) is 1.24. The lowest BCUT2D eigenvalue weighted by Gasteiger charge is -2.02. The molecule has 0 aromatic rings. The largest absolute Gasteiger partial charge is 0.292 e. The van der Waals surface area contributed by atoms with Crippen molar-refractivity contribution in [2.45, 2.75) is 0 Å². The lowest BCUT2D eigenvalue weighted by Crippen LogP contribution is -2.14. The third kappa shape index (κ3) is 1.01. The molecule has 4 nitrogen and oxygen atoms in total. The van der Waals surface area contributed by atoms with Gasteiger partial charge in [-0.25, -0.2) is 0 Å². The second-order valence-corrected chi connectivity index (χ2v) is 3.70. The predicted molar refractivity (Wildman–Crippen MR) is 38.4 cm³/mol. The summed E-state index contributed by atoms with van der Waals surface area (Å²) in [4.78, 5) is -0.0463. The Morgan fingerprint density at radius 3 is 2.36 bits per heavy atom. The molecule has 2 heterocycles. The highest BCUT2D eigenvalue weighted by molar-refractivity contribution is 7.90. The van der Waals surface area contributed by atoms with E-state index < -0.39 is 10.1 Å². The van der Waals surface area contributed by atoms with E-state index in [4.69, 9.17) is 4.55 Å². The molecule has 2 bridgehead atoms. The first-order valence-corrected chi connectivity index (χ1v) is 4.40. The molecule has 11 heavy (non-hydrogen) atoms. The summed E-state index contributed by atoms with van der Waals surface area (Å²) in [5, 5.41) is 2.77. The smallest absolute Gasteiger partial charge is 0.287 e. The van der Waals surface area contributed by atoms with Gasteiger partial charge in [-0.3, -0.25) is 9.87 Å². The van der Waals surface area contributed by atoms with Crippen LogP contribution in [0.4, 0.5) is 0 Å². The number of rotatable bonds is 1. The zero-order valence-electron chi connectivity index (χ0n) is 5.40. The highest BCUT2D eigenvalue weighted by Crippen LogP contribution is 2.34. The van der Waals surface area contributed by atoms with Gasteiger partial charge in [0.1, 0.15) is 6.04 Å². The lowest BCUT2D eigenvalue weighted by molar-refractivity contribution is 0.491. The number of fused-ring (bicyclic) bond motifs is 2. The molecule has 5 heteroatoms. The molecule has 0 spiro atoms. The Morgan fingerprint density at radius 2 is 2.09 bits per heavy atom. The molecule has 0 aliphatic carbocycles. The van der Waals surface area contributed by atoms with E-state index in [9.17, 15) is 8.42 Å². The summed E-state index contributed by atoms with van der Waals surface area (Å²) < 4.78 is 29.8. The van der Waals surface area contributed by atoms with E-state index in [0.717, 1.165) is 0 Å². The fourth-order valence-electron chi connectivity index (χ4n) is 1.07. The third-order valence-corrected chi connectivity index (χ3v) is 2.43. The first kappa shape index (κ1) is 7.02. The SMILES string of the molecule is O=S(=O)(O)C1=C[C]2C=C[C]1N2. The number of nitrogens with one attached hydrogen (secondary N) is 1. The van der Waals surface area contributed by atoms with Gasteiger partial charge in [0.2, 0.25) is 0 Å². The second kappa shape index (κ2) is 1.94. The molecule has 0 fully saturated rings. The van der Waals surface area contributed by atoms with Crippen LogP contribution in [-0.2, 0) is 10.1 Å². The van der Waals surface area contributed by atoms with E-state index >= 15 is 0 Å². The van der Waals surface area contributed by atoms with Gasteiger partial charge in [-0.2, -0.15) is 8.42 Å². The summed E-state index contributed by atoms with van der Waals surface area (Å²) in [5.74, 6) is 0.